The summed E-state index contributed by atoms with van der Waals surface area (Å²) < 4.78 is 1.62. The Hall–Kier alpha value is -2.37. The maximum absolute atomic E-state index is 12.4. The minimum atomic E-state index is -0.386. The normalized spacial score (nSPS) is 15.8. The van der Waals surface area contributed by atoms with Gasteiger partial charge in [-0.25, -0.2) is 4.98 Å². The largest absolute Gasteiger partial charge is 0.399 e. The van der Waals surface area contributed by atoms with Crippen LogP contribution in [0.2, 0.25) is 0 Å². The molecule has 104 valence electrons. The number of rotatable bonds is 4. The maximum Gasteiger partial charge on any atom is 0.231 e. The van der Waals surface area contributed by atoms with Crippen LogP contribution in [0.3, 0.4) is 0 Å². The molecule has 20 heavy (non-hydrogen) atoms. The number of benzene rings is 1. The maximum atomic E-state index is 12.4. The molecule has 1 saturated carbocycles. The molecule has 1 aromatic carbocycles. The molecule has 3 N–H and O–H groups in total. The van der Waals surface area contributed by atoms with E-state index in [1.807, 2.05) is 24.3 Å². The summed E-state index contributed by atoms with van der Waals surface area (Å²) in [4.78, 5) is 16.5. The lowest BCUT2D eigenvalue weighted by Gasteiger charge is -2.15. The summed E-state index contributed by atoms with van der Waals surface area (Å²) in [6, 6.07) is 7.54. The molecule has 0 radical (unpaired) electrons. The second-order valence-electron chi connectivity index (χ2n) is 5.22. The van der Waals surface area contributed by atoms with Crippen molar-refractivity contribution >= 4 is 11.6 Å². The molecule has 0 atom stereocenters. The average molecular weight is 271 g/mol. The number of aryl methyl sites for hydroxylation is 1. The van der Waals surface area contributed by atoms with Gasteiger partial charge >= 0.3 is 0 Å². The molecule has 1 aliphatic rings. The minimum absolute atomic E-state index is 0.0368. The monoisotopic (exact) mass is 271 g/mol. The third-order valence-electron chi connectivity index (χ3n) is 3.70. The molecule has 1 aliphatic carbocycles. The van der Waals surface area contributed by atoms with Gasteiger partial charge in [-0.05, 0) is 30.5 Å². The van der Waals surface area contributed by atoms with E-state index in [2.05, 4.69) is 15.4 Å². The van der Waals surface area contributed by atoms with Gasteiger partial charge < -0.3 is 11.1 Å². The molecular formula is C14H17N5O. The first-order chi connectivity index (χ1) is 9.60. The van der Waals surface area contributed by atoms with Crippen LogP contribution < -0.4 is 11.1 Å². The summed E-state index contributed by atoms with van der Waals surface area (Å²) >= 11 is 0. The van der Waals surface area contributed by atoms with Crippen molar-refractivity contribution in [2.75, 3.05) is 5.73 Å². The molecule has 1 aromatic heterocycles. The van der Waals surface area contributed by atoms with E-state index >= 15 is 0 Å². The van der Waals surface area contributed by atoms with Gasteiger partial charge in [0.15, 0.2) is 5.82 Å². The summed E-state index contributed by atoms with van der Waals surface area (Å²) in [5, 5.41) is 7.06. The SMILES string of the molecule is Cn1cnc(CNC(=O)C2(c3ccc(N)cc3)CC2)n1. The van der Waals surface area contributed by atoms with Crippen molar-refractivity contribution in [1.82, 2.24) is 20.1 Å². The summed E-state index contributed by atoms with van der Waals surface area (Å²) in [5.41, 5.74) is 7.03. The Kier molecular flexibility index (Phi) is 2.93. The Balaban J connectivity index is 1.68. The van der Waals surface area contributed by atoms with Gasteiger partial charge in [0.1, 0.15) is 6.33 Å². The molecular weight excluding hydrogens is 254 g/mol. The molecule has 6 nitrogen and oxygen atoms in total. The van der Waals surface area contributed by atoms with Gasteiger partial charge in [0.2, 0.25) is 5.91 Å². The zero-order chi connectivity index (χ0) is 14.2. The first-order valence-corrected chi connectivity index (χ1v) is 6.59. The number of anilines is 1. The number of hydrogen-bond donors (Lipinski definition) is 2. The molecule has 0 aliphatic heterocycles. The van der Waals surface area contributed by atoms with E-state index in [9.17, 15) is 4.79 Å². The first kappa shape index (κ1) is 12.7. The molecule has 6 heteroatoms. The second-order valence-corrected chi connectivity index (χ2v) is 5.22. The Morgan fingerprint density at radius 2 is 2.10 bits per heavy atom. The van der Waals surface area contributed by atoms with Gasteiger partial charge in [0.25, 0.3) is 0 Å². The van der Waals surface area contributed by atoms with Crippen LogP contribution in [0.1, 0.15) is 24.2 Å². The van der Waals surface area contributed by atoms with E-state index in [0.717, 1.165) is 18.4 Å². The average Bonchev–Trinajstić information content (AvgIpc) is 3.15. The third kappa shape index (κ3) is 2.24. The van der Waals surface area contributed by atoms with Gasteiger partial charge in [0, 0.05) is 12.7 Å². The summed E-state index contributed by atoms with van der Waals surface area (Å²) in [6.07, 6.45) is 3.37. The lowest BCUT2D eigenvalue weighted by molar-refractivity contribution is -0.123. The highest BCUT2D eigenvalue weighted by atomic mass is 16.2. The predicted molar refractivity (Wildman–Crippen MR) is 74.6 cm³/mol. The van der Waals surface area contributed by atoms with Crippen LogP contribution in [-0.4, -0.2) is 20.7 Å². The van der Waals surface area contributed by atoms with Crippen LogP contribution in [-0.2, 0) is 23.8 Å². The summed E-state index contributed by atoms with van der Waals surface area (Å²) in [5.74, 6) is 0.656. The second kappa shape index (κ2) is 4.63. The summed E-state index contributed by atoms with van der Waals surface area (Å²) in [7, 11) is 1.80. The van der Waals surface area contributed by atoms with E-state index < -0.39 is 0 Å². The highest BCUT2D eigenvalue weighted by Crippen LogP contribution is 2.48. The number of carbonyl (C=O) groups is 1. The van der Waals surface area contributed by atoms with Gasteiger partial charge in [-0.15, -0.1) is 0 Å². The van der Waals surface area contributed by atoms with Crippen molar-refractivity contribution < 1.29 is 4.79 Å². The Morgan fingerprint density at radius 3 is 2.65 bits per heavy atom. The van der Waals surface area contributed by atoms with Crippen LogP contribution in [0.5, 0.6) is 0 Å². The number of aromatic nitrogens is 3. The van der Waals surface area contributed by atoms with Crippen molar-refractivity contribution in [3.8, 4) is 0 Å². The van der Waals surface area contributed by atoms with Gasteiger partial charge in [0.05, 0.1) is 12.0 Å². The minimum Gasteiger partial charge on any atom is -0.399 e. The van der Waals surface area contributed by atoms with Gasteiger partial charge in [-0.1, -0.05) is 12.1 Å². The number of carbonyl (C=O) groups excluding carboxylic acids is 1. The molecule has 1 heterocycles. The number of nitrogens with one attached hydrogen (secondary N) is 1. The number of hydrogen-bond acceptors (Lipinski definition) is 4. The number of amides is 1. The molecule has 0 saturated heterocycles. The Labute approximate surface area is 117 Å². The van der Waals surface area contributed by atoms with Crippen molar-refractivity contribution in [2.24, 2.45) is 7.05 Å². The molecule has 0 unspecified atom stereocenters. The van der Waals surface area contributed by atoms with Crippen LogP contribution >= 0.6 is 0 Å². The first-order valence-electron chi connectivity index (χ1n) is 6.59. The van der Waals surface area contributed by atoms with Crippen LogP contribution in [0.4, 0.5) is 5.69 Å². The van der Waals surface area contributed by atoms with Crippen molar-refractivity contribution in [2.45, 2.75) is 24.8 Å². The highest BCUT2D eigenvalue weighted by molar-refractivity contribution is 5.91. The fourth-order valence-corrected chi connectivity index (χ4v) is 2.37. The van der Waals surface area contributed by atoms with Crippen molar-refractivity contribution in [3.63, 3.8) is 0 Å². The number of nitrogens with two attached hydrogens (primary N) is 1. The molecule has 0 bridgehead atoms. The zero-order valence-electron chi connectivity index (χ0n) is 11.3. The Morgan fingerprint density at radius 1 is 1.40 bits per heavy atom. The van der Waals surface area contributed by atoms with E-state index in [1.165, 1.54) is 0 Å². The number of nitrogens with zero attached hydrogens (tertiary/aromatic N) is 3. The molecule has 0 spiro atoms. The smallest absolute Gasteiger partial charge is 0.231 e. The van der Waals surface area contributed by atoms with Gasteiger partial charge in [-0.2, -0.15) is 5.10 Å². The molecule has 1 fully saturated rings. The lowest BCUT2D eigenvalue weighted by atomic mass is 9.95. The number of nitrogen functional groups attached to an aromatic ring is 1. The third-order valence-corrected chi connectivity index (χ3v) is 3.70. The van der Waals surface area contributed by atoms with Gasteiger partial charge in [-0.3, -0.25) is 9.48 Å². The lowest BCUT2D eigenvalue weighted by Crippen LogP contribution is -2.34. The molecule has 3 rings (SSSR count). The fraction of sp³-hybridized carbons (Fsp3) is 0.357. The fourth-order valence-electron chi connectivity index (χ4n) is 2.37. The van der Waals surface area contributed by atoms with E-state index in [0.29, 0.717) is 18.1 Å². The highest BCUT2D eigenvalue weighted by Gasteiger charge is 2.51. The quantitative estimate of drug-likeness (QED) is 0.803. The van der Waals surface area contributed by atoms with E-state index in [1.54, 1.807) is 18.1 Å². The van der Waals surface area contributed by atoms with Crippen molar-refractivity contribution in [1.29, 1.82) is 0 Å². The predicted octanol–water partition coefficient (Wildman–Crippen LogP) is 0.745. The molecule has 1 amide bonds. The van der Waals surface area contributed by atoms with Crippen LogP contribution in [0.15, 0.2) is 30.6 Å². The zero-order valence-corrected chi connectivity index (χ0v) is 11.3. The van der Waals surface area contributed by atoms with E-state index in [-0.39, 0.29) is 11.3 Å². The van der Waals surface area contributed by atoms with Crippen LogP contribution in [0.25, 0.3) is 0 Å². The summed E-state index contributed by atoms with van der Waals surface area (Å²) in [6.45, 7) is 0.358. The van der Waals surface area contributed by atoms with E-state index in [4.69, 9.17) is 5.73 Å². The standard InChI is InChI=1S/C14H17N5O/c1-19-9-17-12(18-19)8-16-13(20)14(6-7-14)10-2-4-11(15)5-3-10/h2-5,9H,6-8,15H2,1H3,(H,16,20). The Bertz CT molecular complexity index is 627. The topological polar surface area (TPSA) is 85.8 Å². The van der Waals surface area contributed by atoms with Crippen molar-refractivity contribution in [3.05, 3.63) is 42.0 Å². The molecule has 2 aromatic rings. The van der Waals surface area contributed by atoms with Crippen LogP contribution in [0, 0.1) is 0 Å².